The standard InChI is InChI=1S/C22H35N3O5/c1-6-8-10-28-14-22(16(4)12-23)18(29-11-9-7-2)17(5)20(30-22)25-13-15(3)19(26)24-21(25)27/h13,16-18,20H,6-11,14H2,1-5H3,(H,24,26,27)/t16?,17-,18?,20-,22+/m1/s1. The van der Waals surface area contributed by atoms with Crippen molar-refractivity contribution < 1.29 is 14.2 Å². The largest absolute Gasteiger partial charge is 0.378 e. The highest BCUT2D eigenvalue weighted by molar-refractivity contribution is 5.10. The minimum absolute atomic E-state index is 0.205. The van der Waals surface area contributed by atoms with Gasteiger partial charge < -0.3 is 14.2 Å². The lowest BCUT2D eigenvalue weighted by atomic mass is 9.82. The quantitative estimate of drug-likeness (QED) is 0.551. The molecular formula is C22H35N3O5. The molecule has 0 saturated carbocycles. The van der Waals surface area contributed by atoms with Crippen LogP contribution < -0.4 is 11.2 Å². The Morgan fingerprint density at radius 1 is 1.30 bits per heavy atom. The topological polar surface area (TPSA) is 106 Å². The molecule has 0 aromatic carbocycles. The number of hydrogen-bond acceptors (Lipinski definition) is 6. The summed E-state index contributed by atoms with van der Waals surface area (Å²) in [6.45, 7) is 10.9. The minimum Gasteiger partial charge on any atom is -0.378 e. The average Bonchev–Trinajstić information content (AvgIpc) is 3.00. The summed E-state index contributed by atoms with van der Waals surface area (Å²) in [7, 11) is 0. The molecule has 0 radical (unpaired) electrons. The van der Waals surface area contributed by atoms with Crippen LogP contribution in [0.15, 0.2) is 15.8 Å². The van der Waals surface area contributed by atoms with Gasteiger partial charge in [-0.1, -0.05) is 33.6 Å². The molecule has 0 spiro atoms. The minimum atomic E-state index is -1.01. The lowest BCUT2D eigenvalue weighted by Gasteiger charge is -2.37. The van der Waals surface area contributed by atoms with Crippen LogP contribution in [0, 0.1) is 30.1 Å². The fourth-order valence-electron chi connectivity index (χ4n) is 3.90. The van der Waals surface area contributed by atoms with Gasteiger partial charge in [0.1, 0.15) is 11.8 Å². The molecule has 2 rings (SSSR count). The predicted molar refractivity (Wildman–Crippen MR) is 113 cm³/mol. The zero-order valence-corrected chi connectivity index (χ0v) is 18.8. The molecule has 1 aromatic heterocycles. The second kappa shape index (κ2) is 10.9. The van der Waals surface area contributed by atoms with Crippen LogP contribution in [0.2, 0.25) is 0 Å². The molecule has 8 heteroatoms. The molecule has 2 unspecified atom stereocenters. The summed E-state index contributed by atoms with van der Waals surface area (Å²) in [5.41, 5.74) is -1.55. The van der Waals surface area contributed by atoms with Crippen LogP contribution in [0.25, 0.3) is 0 Å². The van der Waals surface area contributed by atoms with Crippen LogP contribution in [0.5, 0.6) is 0 Å². The van der Waals surface area contributed by atoms with Gasteiger partial charge in [-0.2, -0.15) is 5.26 Å². The summed E-state index contributed by atoms with van der Waals surface area (Å²) in [6.07, 6.45) is 4.20. The molecule has 30 heavy (non-hydrogen) atoms. The van der Waals surface area contributed by atoms with Gasteiger partial charge in [-0.3, -0.25) is 14.3 Å². The molecular weight excluding hydrogens is 386 g/mol. The van der Waals surface area contributed by atoms with Gasteiger partial charge in [0.05, 0.1) is 24.7 Å². The number of aromatic amines is 1. The Morgan fingerprint density at radius 3 is 2.60 bits per heavy atom. The van der Waals surface area contributed by atoms with Crippen LogP contribution in [-0.4, -0.2) is 41.1 Å². The Hall–Kier alpha value is -1.95. The first kappa shape index (κ1) is 24.3. The van der Waals surface area contributed by atoms with Crippen molar-refractivity contribution in [3.05, 3.63) is 32.6 Å². The molecule has 8 nitrogen and oxygen atoms in total. The number of hydrogen-bond donors (Lipinski definition) is 1. The van der Waals surface area contributed by atoms with Crippen molar-refractivity contribution in [1.82, 2.24) is 9.55 Å². The van der Waals surface area contributed by atoms with E-state index >= 15 is 0 Å². The number of unbranched alkanes of at least 4 members (excludes halogenated alkanes) is 2. The van der Waals surface area contributed by atoms with Crippen molar-refractivity contribution in [2.24, 2.45) is 11.8 Å². The molecule has 5 atom stereocenters. The first-order valence-corrected chi connectivity index (χ1v) is 10.9. The third-order valence-corrected chi connectivity index (χ3v) is 5.86. The summed E-state index contributed by atoms with van der Waals surface area (Å²) < 4.78 is 20.0. The number of aryl methyl sites for hydroxylation is 1. The van der Waals surface area contributed by atoms with Gasteiger partial charge in [-0.05, 0) is 26.7 Å². The van der Waals surface area contributed by atoms with Crippen molar-refractivity contribution in [2.45, 2.75) is 78.2 Å². The summed E-state index contributed by atoms with van der Waals surface area (Å²) in [5, 5.41) is 9.77. The van der Waals surface area contributed by atoms with E-state index < -0.39 is 35.1 Å². The van der Waals surface area contributed by atoms with E-state index in [2.05, 4.69) is 24.9 Å². The number of H-pyrrole nitrogens is 1. The first-order valence-electron chi connectivity index (χ1n) is 10.9. The van der Waals surface area contributed by atoms with Gasteiger partial charge in [0, 0.05) is 30.9 Å². The zero-order valence-electron chi connectivity index (χ0n) is 18.8. The monoisotopic (exact) mass is 421 g/mol. The maximum atomic E-state index is 12.5. The van der Waals surface area contributed by atoms with E-state index in [0.29, 0.717) is 18.8 Å². The third-order valence-electron chi connectivity index (χ3n) is 5.86. The zero-order chi connectivity index (χ0) is 22.3. The predicted octanol–water partition coefficient (Wildman–Crippen LogP) is 2.91. The van der Waals surface area contributed by atoms with Crippen LogP contribution in [0.4, 0.5) is 0 Å². The highest BCUT2D eigenvalue weighted by atomic mass is 16.6. The molecule has 1 saturated heterocycles. The summed E-state index contributed by atoms with van der Waals surface area (Å²) in [5.74, 6) is -0.742. The van der Waals surface area contributed by atoms with Crippen LogP contribution in [0.1, 0.15) is 65.2 Å². The number of nitriles is 1. The van der Waals surface area contributed by atoms with Crippen LogP contribution >= 0.6 is 0 Å². The number of nitrogens with zero attached hydrogens (tertiary/aromatic N) is 2. The molecule has 1 fully saturated rings. The SMILES string of the molecule is CCCCOC[C@@]1(C(C)C#N)O[C@@H](n2cc(C)c(=O)[nH]c2=O)[C@H](C)C1OCCCC. The van der Waals surface area contributed by atoms with E-state index in [0.717, 1.165) is 25.7 Å². The van der Waals surface area contributed by atoms with Crippen molar-refractivity contribution in [3.63, 3.8) is 0 Å². The fourth-order valence-corrected chi connectivity index (χ4v) is 3.90. The Bertz CT molecular complexity index is 842. The van der Waals surface area contributed by atoms with E-state index in [1.54, 1.807) is 13.8 Å². The lowest BCUT2D eigenvalue weighted by Crippen LogP contribution is -2.51. The number of ether oxygens (including phenoxy) is 3. The summed E-state index contributed by atoms with van der Waals surface area (Å²) in [4.78, 5) is 26.7. The highest BCUT2D eigenvalue weighted by Gasteiger charge is 2.58. The molecule has 0 bridgehead atoms. The van der Waals surface area contributed by atoms with Crippen molar-refractivity contribution in [3.8, 4) is 6.07 Å². The van der Waals surface area contributed by atoms with Crippen molar-refractivity contribution in [1.29, 1.82) is 5.26 Å². The van der Waals surface area contributed by atoms with Crippen molar-refractivity contribution in [2.75, 3.05) is 19.8 Å². The Morgan fingerprint density at radius 2 is 1.97 bits per heavy atom. The highest BCUT2D eigenvalue weighted by Crippen LogP contribution is 2.46. The molecule has 2 heterocycles. The van der Waals surface area contributed by atoms with Gasteiger partial charge >= 0.3 is 5.69 Å². The van der Waals surface area contributed by atoms with Gasteiger partial charge in [0.15, 0.2) is 0 Å². The van der Waals surface area contributed by atoms with Gasteiger partial charge in [0.2, 0.25) is 0 Å². The Balaban J connectivity index is 2.45. The van der Waals surface area contributed by atoms with Crippen LogP contribution in [-0.2, 0) is 14.2 Å². The van der Waals surface area contributed by atoms with Crippen LogP contribution in [0.3, 0.4) is 0 Å². The third kappa shape index (κ3) is 5.02. The van der Waals surface area contributed by atoms with E-state index in [9.17, 15) is 14.9 Å². The number of rotatable bonds is 11. The summed E-state index contributed by atoms with van der Waals surface area (Å²) >= 11 is 0. The van der Waals surface area contributed by atoms with Gasteiger partial charge in [-0.15, -0.1) is 0 Å². The Kier molecular flexibility index (Phi) is 8.83. The average molecular weight is 422 g/mol. The maximum absolute atomic E-state index is 12.5. The first-order chi connectivity index (χ1) is 14.3. The number of nitrogens with one attached hydrogen (secondary N) is 1. The van der Waals surface area contributed by atoms with E-state index in [1.807, 2.05) is 6.92 Å². The van der Waals surface area contributed by atoms with Crippen molar-refractivity contribution >= 4 is 0 Å². The lowest BCUT2D eigenvalue weighted by molar-refractivity contribution is -0.168. The molecule has 0 aliphatic carbocycles. The normalized spacial score (nSPS) is 27.1. The molecule has 1 aliphatic heterocycles. The second-order valence-corrected chi connectivity index (χ2v) is 8.20. The molecule has 168 valence electrons. The van der Waals surface area contributed by atoms with Gasteiger partial charge in [-0.25, -0.2) is 4.79 Å². The fraction of sp³-hybridized carbons (Fsp3) is 0.773. The van der Waals surface area contributed by atoms with E-state index in [4.69, 9.17) is 14.2 Å². The number of aromatic nitrogens is 2. The molecule has 0 amide bonds. The molecule has 1 N–H and O–H groups in total. The van der Waals surface area contributed by atoms with Gasteiger partial charge in [0.25, 0.3) is 5.56 Å². The Labute approximate surface area is 178 Å². The second-order valence-electron chi connectivity index (χ2n) is 8.20. The maximum Gasteiger partial charge on any atom is 0.330 e. The summed E-state index contributed by atoms with van der Waals surface area (Å²) in [6, 6.07) is 2.31. The molecule has 1 aliphatic rings. The van der Waals surface area contributed by atoms with E-state index in [1.165, 1.54) is 10.8 Å². The van der Waals surface area contributed by atoms with E-state index in [-0.39, 0.29) is 12.5 Å². The smallest absolute Gasteiger partial charge is 0.330 e. The molecule has 1 aromatic rings.